The van der Waals surface area contributed by atoms with E-state index < -0.39 is 0 Å². The van der Waals surface area contributed by atoms with Gasteiger partial charge in [0, 0.05) is 57.0 Å². The van der Waals surface area contributed by atoms with Gasteiger partial charge in [-0.05, 0) is 51.0 Å². The molecule has 5 rings (SSSR count). The molecule has 0 aliphatic carbocycles. The number of methoxy groups -OCH3 is 1. The number of pyridine rings is 1. The highest BCUT2D eigenvalue weighted by atomic mass is 16.5. The third-order valence-electron chi connectivity index (χ3n) is 7.16. The van der Waals surface area contributed by atoms with Crippen LogP contribution in [0.25, 0.3) is 33.2 Å². The summed E-state index contributed by atoms with van der Waals surface area (Å²) in [5, 5.41) is 9.58. The van der Waals surface area contributed by atoms with E-state index in [4.69, 9.17) is 14.5 Å². The monoisotopic (exact) mass is 490 g/mol. The van der Waals surface area contributed by atoms with Gasteiger partial charge in [-0.15, -0.1) is 10.2 Å². The molecule has 9 heteroatoms. The number of benzene rings is 1. The largest absolute Gasteiger partial charge is 0.380 e. The van der Waals surface area contributed by atoms with Crippen LogP contribution in [-0.2, 0) is 16.5 Å². The van der Waals surface area contributed by atoms with E-state index in [1.165, 1.54) is 0 Å². The summed E-state index contributed by atoms with van der Waals surface area (Å²) in [6, 6.07) is 10.1. The average molecular weight is 491 g/mol. The number of fused-ring (bicyclic) bond motifs is 3. The zero-order valence-corrected chi connectivity index (χ0v) is 21.6. The Hall–Kier alpha value is -3.14. The van der Waals surface area contributed by atoms with Crippen molar-refractivity contribution in [2.75, 3.05) is 33.4 Å². The SMILES string of the molecule is CO[C@H]1CCN(CCO[C@H](C)c2ccc(-c3ccc4nnc5c(c4c3)n(C(C)C)c(=O)n5C)cn2)C1. The summed E-state index contributed by atoms with van der Waals surface area (Å²) in [5.41, 5.74) is 4.98. The molecule has 4 aromatic rings. The highest BCUT2D eigenvalue weighted by Crippen LogP contribution is 2.29. The van der Waals surface area contributed by atoms with Crippen LogP contribution in [0.2, 0.25) is 0 Å². The number of aryl methyl sites for hydroxylation is 1. The Bertz CT molecular complexity index is 1430. The number of hydrogen-bond acceptors (Lipinski definition) is 7. The van der Waals surface area contributed by atoms with Gasteiger partial charge in [0.05, 0.1) is 30.0 Å². The molecule has 1 aromatic carbocycles. The summed E-state index contributed by atoms with van der Waals surface area (Å²) in [6.45, 7) is 9.64. The Labute approximate surface area is 210 Å². The summed E-state index contributed by atoms with van der Waals surface area (Å²) in [7, 11) is 3.52. The van der Waals surface area contributed by atoms with Crippen molar-refractivity contribution in [2.24, 2.45) is 7.05 Å². The molecule has 0 amide bonds. The van der Waals surface area contributed by atoms with Crippen LogP contribution in [0.5, 0.6) is 0 Å². The number of hydrogen-bond donors (Lipinski definition) is 0. The molecule has 36 heavy (non-hydrogen) atoms. The molecule has 4 heterocycles. The molecule has 0 N–H and O–H groups in total. The smallest absolute Gasteiger partial charge is 0.330 e. The topological polar surface area (TPSA) is 87.3 Å². The minimum Gasteiger partial charge on any atom is -0.380 e. The lowest BCUT2D eigenvalue weighted by atomic mass is 10.0. The number of ether oxygens (including phenoxy) is 2. The first-order chi connectivity index (χ1) is 17.4. The standard InChI is InChI=1S/C27H34N6O3/c1-17(2)33-25-22-14-19(6-9-24(22)29-30-26(25)31(4)27(33)34)20-7-8-23(28-15-20)18(3)36-13-12-32-11-10-21(16-32)35-5/h6-9,14-15,17-18,21H,10-13,16H2,1-5H3/t18-,21+/m1/s1. The minimum atomic E-state index is -0.0875. The van der Waals surface area contributed by atoms with Crippen LogP contribution in [0, 0.1) is 0 Å². The van der Waals surface area contributed by atoms with E-state index in [0.29, 0.717) is 18.4 Å². The molecule has 0 bridgehead atoms. The highest BCUT2D eigenvalue weighted by Gasteiger charge is 2.22. The molecular formula is C27H34N6O3. The maximum Gasteiger partial charge on any atom is 0.330 e. The fourth-order valence-electron chi connectivity index (χ4n) is 5.00. The van der Waals surface area contributed by atoms with Gasteiger partial charge >= 0.3 is 5.69 Å². The second-order valence-corrected chi connectivity index (χ2v) is 9.84. The molecule has 1 fully saturated rings. The first-order valence-corrected chi connectivity index (χ1v) is 12.6. The van der Waals surface area contributed by atoms with E-state index in [0.717, 1.165) is 59.3 Å². The maximum atomic E-state index is 12.8. The minimum absolute atomic E-state index is 0.00608. The molecule has 1 saturated heterocycles. The summed E-state index contributed by atoms with van der Waals surface area (Å²) in [5.74, 6) is 0. The van der Waals surface area contributed by atoms with Gasteiger partial charge in [-0.1, -0.05) is 12.1 Å². The van der Waals surface area contributed by atoms with Crippen LogP contribution in [-0.4, -0.2) is 68.7 Å². The highest BCUT2D eigenvalue weighted by molar-refractivity contribution is 6.02. The van der Waals surface area contributed by atoms with E-state index in [9.17, 15) is 4.79 Å². The number of likely N-dealkylation sites (tertiary alicyclic amines) is 1. The van der Waals surface area contributed by atoms with Gasteiger partial charge in [-0.25, -0.2) is 4.79 Å². The van der Waals surface area contributed by atoms with Gasteiger partial charge < -0.3 is 9.47 Å². The van der Waals surface area contributed by atoms with Gasteiger partial charge in [0.25, 0.3) is 0 Å². The normalized spacial score (nSPS) is 17.6. The van der Waals surface area contributed by atoms with Crippen molar-refractivity contribution in [1.29, 1.82) is 0 Å². The predicted molar refractivity (Wildman–Crippen MR) is 140 cm³/mol. The number of imidazole rings is 1. The fourth-order valence-corrected chi connectivity index (χ4v) is 5.00. The Morgan fingerprint density at radius 2 is 1.92 bits per heavy atom. The van der Waals surface area contributed by atoms with E-state index in [2.05, 4.69) is 27.2 Å². The van der Waals surface area contributed by atoms with Gasteiger partial charge in [0.15, 0.2) is 5.65 Å². The number of nitrogens with zero attached hydrogens (tertiary/aromatic N) is 6. The summed E-state index contributed by atoms with van der Waals surface area (Å²) in [6.07, 6.45) is 3.22. The van der Waals surface area contributed by atoms with Crippen molar-refractivity contribution in [3.63, 3.8) is 0 Å². The molecule has 2 atom stereocenters. The Morgan fingerprint density at radius 3 is 2.61 bits per heavy atom. The van der Waals surface area contributed by atoms with E-state index >= 15 is 0 Å². The Balaban J connectivity index is 1.35. The Kier molecular flexibility index (Phi) is 6.87. The van der Waals surface area contributed by atoms with Crippen LogP contribution in [0.15, 0.2) is 41.3 Å². The molecule has 1 aliphatic heterocycles. The van der Waals surface area contributed by atoms with Crippen LogP contribution in [0.4, 0.5) is 0 Å². The first-order valence-electron chi connectivity index (χ1n) is 12.6. The summed E-state index contributed by atoms with van der Waals surface area (Å²) >= 11 is 0. The molecule has 190 valence electrons. The summed E-state index contributed by atoms with van der Waals surface area (Å²) in [4.78, 5) is 19.9. The van der Waals surface area contributed by atoms with Gasteiger partial charge in [-0.2, -0.15) is 0 Å². The fraction of sp³-hybridized carbons (Fsp3) is 0.481. The van der Waals surface area contributed by atoms with Gasteiger partial charge in [0.1, 0.15) is 5.52 Å². The van der Waals surface area contributed by atoms with E-state index in [-0.39, 0.29) is 17.8 Å². The van der Waals surface area contributed by atoms with Crippen LogP contribution >= 0.6 is 0 Å². The molecule has 9 nitrogen and oxygen atoms in total. The maximum absolute atomic E-state index is 12.8. The first kappa shape index (κ1) is 24.5. The zero-order chi connectivity index (χ0) is 25.4. The van der Waals surface area contributed by atoms with Crippen LogP contribution in [0.1, 0.15) is 45.0 Å². The second kappa shape index (κ2) is 10.1. The van der Waals surface area contributed by atoms with Crippen molar-refractivity contribution in [1.82, 2.24) is 29.2 Å². The third-order valence-corrected chi connectivity index (χ3v) is 7.16. The third kappa shape index (κ3) is 4.54. The van der Waals surface area contributed by atoms with E-state index in [1.54, 1.807) is 23.3 Å². The van der Waals surface area contributed by atoms with Crippen molar-refractivity contribution in [3.05, 3.63) is 52.7 Å². The quantitative estimate of drug-likeness (QED) is 0.372. The molecule has 0 unspecified atom stereocenters. The average Bonchev–Trinajstić information content (AvgIpc) is 3.46. The summed E-state index contributed by atoms with van der Waals surface area (Å²) < 4.78 is 14.8. The van der Waals surface area contributed by atoms with Crippen LogP contribution in [0.3, 0.4) is 0 Å². The lowest BCUT2D eigenvalue weighted by Crippen LogP contribution is -2.27. The van der Waals surface area contributed by atoms with Crippen molar-refractivity contribution in [3.8, 4) is 11.1 Å². The lowest BCUT2D eigenvalue weighted by molar-refractivity contribution is 0.0448. The predicted octanol–water partition coefficient (Wildman–Crippen LogP) is 3.72. The molecule has 0 saturated carbocycles. The van der Waals surface area contributed by atoms with Crippen molar-refractivity contribution in [2.45, 2.75) is 45.4 Å². The van der Waals surface area contributed by atoms with Crippen molar-refractivity contribution >= 4 is 22.1 Å². The zero-order valence-electron chi connectivity index (χ0n) is 21.6. The Morgan fingerprint density at radius 1 is 1.11 bits per heavy atom. The van der Waals surface area contributed by atoms with Gasteiger partial charge in [-0.3, -0.25) is 19.0 Å². The second-order valence-electron chi connectivity index (χ2n) is 9.84. The molecular weight excluding hydrogens is 456 g/mol. The number of rotatable bonds is 8. The molecule has 3 aromatic heterocycles. The molecule has 1 aliphatic rings. The molecule has 0 spiro atoms. The van der Waals surface area contributed by atoms with Gasteiger partial charge in [0.2, 0.25) is 0 Å². The van der Waals surface area contributed by atoms with E-state index in [1.807, 2.05) is 45.2 Å². The lowest BCUT2D eigenvalue weighted by Gasteiger charge is -2.18. The number of aromatic nitrogens is 5. The van der Waals surface area contributed by atoms with Crippen LogP contribution < -0.4 is 5.69 Å². The van der Waals surface area contributed by atoms with Crippen molar-refractivity contribution < 1.29 is 9.47 Å². The molecule has 0 radical (unpaired) electrons.